The zero-order valence-electron chi connectivity index (χ0n) is 16.4. The maximum absolute atomic E-state index is 12.6. The quantitative estimate of drug-likeness (QED) is 0.589. The van der Waals surface area contributed by atoms with Gasteiger partial charge in [-0.1, -0.05) is 45.2 Å². The number of para-hydroxylation sites is 2. The lowest BCUT2D eigenvalue weighted by molar-refractivity contribution is 0.0529. The summed E-state index contributed by atoms with van der Waals surface area (Å²) in [6.45, 7) is 7.19. The molecule has 2 aromatic heterocycles. The van der Waals surface area contributed by atoms with Crippen molar-refractivity contribution in [2.24, 2.45) is 5.92 Å². The maximum atomic E-state index is 12.6. The number of fused-ring (bicyclic) bond motifs is 2. The van der Waals surface area contributed by atoms with E-state index in [0.29, 0.717) is 35.1 Å². The summed E-state index contributed by atoms with van der Waals surface area (Å²) in [7, 11) is 0. The molecule has 27 heavy (non-hydrogen) atoms. The Balaban J connectivity index is 2.17. The predicted octanol–water partition coefficient (Wildman–Crippen LogP) is 4.56. The molecular weight excluding hydrogens is 340 g/mol. The molecule has 2 N–H and O–H groups in total. The van der Waals surface area contributed by atoms with Gasteiger partial charge in [-0.25, -0.2) is 14.8 Å². The van der Waals surface area contributed by atoms with Crippen molar-refractivity contribution in [3.63, 3.8) is 0 Å². The van der Waals surface area contributed by atoms with Crippen molar-refractivity contribution in [2.75, 3.05) is 12.3 Å². The molecule has 6 nitrogen and oxygen atoms in total. The first-order valence-electron chi connectivity index (χ1n) is 9.82. The van der Waals surface area contributed by atoms with Crippen LogP contribution < -0.4 is 5.73 Å². The lowest BCUT2D eigenvalue weighted by Gasteiger charge is -2.17. The highest BCUT2D eigenvalue weighted by atomic mass is 16.5. The second kappa shape index (κ2) is 8.37. The molecule has 6 heteroatoms. The van der Waals surface area contributed by atoms with Gasteiger partial charge in [0.05, 0.1) is 17.6 Å². The number of hydrogen-bond donors (Lipinski definition) is 1. The summed E-state index contributed by atoms with van der Waals surface area (Å²) in [6, 6.07) is 7.65. The lowest BCUT2D eigenvalue weighted by Crippen LogP contribution is -2.14. The average Bonchev–Trinajstić information content (AvgIpc) is 2.94. The fraction of sp³-hybridized carbons (Fsp3) is 0.476. The molecule has 1 aromatic carbocycles. The van der Waals surface area contributed by atoms with Gasteiger partial charge in [-0.05, 0) is 31.4 Å². The van der Waals surface area contributed by atoms with Crippen LogP contribution in [0.1, 0.15) is 56.8 Å². The molecule has 0 saturated carbocycles. The van der Waals surface area contributed by atoms with E-state index >= 15 is 0 Å². The topological polar surface area (TPSA) is 83.0 Å². The molecule has 3 rings (SSSR count). The van der Waals surface area contributed by atoms with Crippen molar-refractivity contribution in [2.45, 2.75) is 53.0 Å². The van der Waals surface area contributed by atoms with Crippen molar-refractivity contribution in [3.8, 4) is 0 Å². The first-order valence-corrected chi connectivity index (χ1v) is 9.82. The number of nitrogens with two attached hydrogens (primary N) is 1. The summed E-state index contributed by atoms with van der Waals surface area (Å²) in [6.07, 6.45) is 4.52. The van der Waals surface area contributed by atoms with Gasteiger partial charge in [-0.2, -0.15) is 0 Å². The molecule has 0 aliphatic rings. The standard InChI is InChI=1S/C21H28N4O2/c1-4-7-10-14(5-2)13-25-19(22)17(21(26)27-6-3)18-20(25)24-16-12-9-8-11-15(16)23-18/h8-9,11-12,14H,4-7,10,13,22H2,1-3H3/t14-/m0/s1. The lowest BCUT2D eigenvalue weighted by atomic mass is 9.99. The number of nitrogens with zero attached hydrogens (tertiary/aromatic N) is 3. The highest BCUT2D eigenvalue weighted by molar-refractivity contribution is 6.08. The summed E-state index contributed by atoms with van der Waals surface area (Å²) in [5.74, 6) is 0.435. The smallest absolute Gasteiger partial charge is 0.344 e. The van der Waals surface area contributed by atoms with Gasteiger partial charge in [0.2, 0.25) is 0 Å². The normalized spacial score (nSPS) is 12.6. The van der Waals surface area contributed by atoms with Crippen LogP contribution >= 0.6 is 0 Å². The van der Waals surface area contributed by atoms with Crippen molar-refractivity contribution < 1.29 is 9.53 Å². The van der Waals surface area contributed by atoms with Crippen LogP contribution in [0.2, 0.25) is 0 Å². The third kappa shape index (κ3) is 3.75. The fourth-order valence-electron chi connectivity index (χ4n) is 3.48. The Morgan fingerprint density at radius 1 is 1.19 bits per heavy atom. The second-order valence-electron chi connectivity index (χ2n) is 6.89. The van der Waals surface area contributed by atoms with Crippen LogP contribution in [0.5, 0.6) is 0 Å². The van der Waals surface area contributed by atoms with Gasteiger partial charge in [-0.15, -0.1) is 0 Å². The number of ether oxygens (including phenoxy) is 1. The number of rotatable bonds is 8. The monoisotopic (exact) mass is 368 g/mol. The molecular formula is C21H28N4O2. The van der Waals surface area contributed by atoms with Crippen LogP contribution in [-0.2, 0) is 11.3 Å². The number of benzene rings is 1. The van der Waals surface area contributed by atoms with Crippen LogP contribution in [0, 0.1) is 5.92 Å². The molecule has 0 bridgehead atoms. The zero-order chi connectivity index (χ0) is 19.4. The molecule has 3 aromatic rings. The predicted molar refractivity (Wildman–Crippen MR) is 109 cm³/mol. The summed E-state index contributed by atoms with van der Waals surface area (Å²) in [5, 5.41) is 0. The molecule has 0 radical (unpaired) electrons. The van der Waals surface area contributed by atoms with E-state index in [1.54, 1.807) is 6.92 Å². The molecule has 1 atom stereocenters. The molecule has 0 fully saturated rings. The molecule has 2 heterocycles. The number of carbonyl (C=O) groups is 1. The fourth-order valence-corrected chi connectivity index (χ4v) is 3.48. The molecule has 0 spiro atoms. The largest absolute Gasteiger partial charge is 0.462 e. The molecule has 0 saturated heterocycles. The Bertz CT molecular complexity index is 948. The molecule has 0 aliphatic heterocycles. The van der Waals surface area contributed by atoms with E-state index in [0.717, 1.165) is 36.8 Å². The third-order valence-corrected chi connectivity index (χ3v) is 5.06. The second-order valence-corrected chi connectivity index (χ2v) is 6.89. The highest BCUT2D eigenvalue weighted by Gasteiger charge is 2.25. The summed E-state index contributed by atoms with van der Waals surface area (Å²) < 4.78 is 7.19. The number of esters is 1. The highest BCUT2D eigenvalue weighted by Crippen LogP contribution is 2.30. The number of hydrogen-bond acceptors (Lipinski definition) is 5. The molecule has 144 valence electrons. The van der Waals surface area contributed by atoms with E-state index in [1.165, 1.54) is 6.42 Å². The molecule has 0 unspecified atom stereocenters. The van der Waals surface area contributed by atoms with E-state index < -0.39 is 5.97 Å². The van der Waals surface area contributed by atoms with Gasteiger partial charge >= 0.3 is 5.97 Å². The van der Waals surface area contributed by atoms with Gasteiger partial charge < -0.3 is 15.0 Å². The minimum absolute atomic E-state index is 0.292. The third-order valence-electron chi connectivity index (χ3n) is 5.06. The number of carbonyl (C=O) groups excluding carboxylic acids is 1. The number of unbranched alkanes of at least 4 members (excludes halogenated alkanes) is 1. The average molecular weight is 368 g/mol. The minimum atomic E-state index is -0.440. The Morgan fingerprint density at radius 2 is 1.89 bits per heavy atom. The first-order chi connectivity index (χ1) is 13.1. The van der Waals surface area contributed by atoms with Gasteiger partial charge in [0.15, 0.2) is 5.65 Å². The van der Waals surface area contributed by atoms with E-state index in [4.69, 9.17) is 20.4 Å². The Kier molecular flexibility index (Phi) is 5.94. The number of nitrogen functional groups attached to an aromatic ring is 1. The summed E-state index contributed by atoms with van der Waals surface area (Å²) >= 11 is 0. The van der Waals surface area contributed by atoms with Crippen LogP contribution in [0.15, 0.2) is 24.3 Å². The minimum Gasteiger partial charge on any atom is -0.462 e. The van der Waals surface area contributed by atoms with Gasteiger partial charge in [0, 0.05) is 6.54 Å². The van der Waals surface area contributed by atoms with Crippen molar-refractivity contribution >= 4 is 34.0 Å². The van der Waals surface area contributed by atoms with Crippen molar-refractivity contribution in [1.29, 1.82) is 0 Å². The van der Waals surface area contributed by atoms with Crippen LogP contribution in [-0.4, -0.2) is 27.1 Å². The van der Waals surface area contributed by atoms with E-state index in [-0.39, 0.29) is 0 Å². The number of aromatic nitrogens is 3. The zero-order valence-corrected chi connectivity index (χ0v) is 16.4. The Hall–Kier alpha value is -2.63. The van der Waals surface area contributed by atoms with Gasteiger partial charge in [0.25, 0.3) is 0 Å². The molecule has 0 amide bonds. The van der Waals surface area contributed by atoms with Crippen LogP contribution in [0.4, 0.5) is 5.82 Å². The molecule has 0 aliphatic carbocycles. The maximum Gasteiger partial charge on any atom is 0.344 e. The summed E-state index contributed by atoms with van der Waals surface area (Å²) in [4.78, 5) is 22.0. The first kappa shape index (κ1) is 19.1. The SMILES string of the molecule is CCCC[C@H](CC)Cn1c(N)c(C(=O)OCC)c2nc3ccccc3nc21. The van der Waals surface area contributed by atoms with Crippen LogP contribution in [0.3, 0.4) is 0 Å². The van der Waals surface area contributed by atoms with E-state index in [9.17, 15) is 4.79 Å². The van der Waals surface area contributed by atoms with Crippen LogP contribution in [0.25, 0.3) is 22.2 Å². The Labute approximate surface area is 159 Å². The van der Waals surface area contributed by atoms with E-state index in [2.05, 4.69) is 13.8 Å². The van der Waals surface area contributed by atoms with Crippen molar-refractivity contribution in [1.82, 2.24) is 14.5 Å². The number of anilines is 1. The Morgan fingerprint density at radius 3 is 2.52 bits per heavy atom. The van der Waals surface area contributed by atoms with Crippen molar-refractivity contribution in [3.05, 3.63) is 29.8 Å². The van der Waals surface area contributed by atoms with Gasteiger partial charge in [0.1, 0.15) is 16.9 Å². The van der Waals surface area contributed by atoms with Gasteiger partial charge in [-0.3, -0.25) is 0 Å². The van der Waals surface area contributed by atoms with E-state index in [1.807, 2.05) is 28.8 Å². The summed E-state index contributed by atoms with van der Waals surface area (Å²) in [5.41, 5.74) is 9.47.